The summed E-state index contributed by atoms with van der Waals surface area (Å²) in [5.41, 5.74) is -0.394. The Morgan fingerprint density at radius 3 is 3.05 bits per heavy atom. The van der Waals surface area contributed by atoms with E-state index < -0.39 is 17.5 Å². The second-order valence-corrected chi connectivity index (χ2v) is 5.79. The maximum absolute atomic E-state index is 12.5. The molecule has 0 saturated carbocycles. The number of aromatic nitrogens is 2. The van der Waals surface area contributed by atoms with Crippen LogP contribution in [0, 0.1) is 0 Å². The Labute approximate surface area is 130 Å². The van der Waals surface area contributed by atoms with E-state index in [4.69, 9.17) is 0 Å². The summed E-state index contributed by atoms with van der Waals surface area (Å²) in [4.78, 5) is 44.5. The quantitative estimate of drug-likeness (QED) is 0.885. The highest BCUT2D eigenvalue weighted by Gasteiger charge is 2.35. The number of carbonyl (C=O) groups is 2. The molecular formula is C14H14N4O3S. The Balaban J connectivity index is 1.78. The van der Waals surface area contributed by atoms with Gasteiger partial charge in [-0.05, 0) is 25.0 Å². The van der Waals surface area contributed by atoms with Crippen molar-refractivity contribution in [1.29, 1.82) is 0 Å². The number of hydrogen-bond acceptors (Lipinski definition) is 5. The van der Waals surface area contributed by atoms with Gasteiger partial charge in [-0.1, -0.05) is 0 Å². The number of nitrogens with zero attached hydrogens (tertiary/aromatic N) is 2. The molecule has 2 N–H and O–H groups in total. The van der Waals surface area contributed by atoms with Crippen LogP contribution in [0.3, 0.4) is 0 Å². The van der Waals surface area contributed by atoms with Gasteiger partial charge in [-0.15, -0.1) is 11.3 Å². The Hall–Kier alpha value is -2.48. The minimum absolute atomic E-state index is 0.0523. The predicted octanol–water partition coefficient (Wildman–Crippen LogP) is 1.07. The summed E-state index contributed by atoms with van der Waals surface area (Å²) in [6.45, 7) is 0.461. The van der Waals surface area contributed by atoms with E-state index in [1.165, 1.54) is 28.5 Å². The Bertz CT molecular complexity index is 741. The largest absolute Gasteiger partial charge is 0.328 e. The number of likely N-dealkylation sites (tertiary alicyclic amines) is 1. The van der Waals surface area contributed by atoms with Crippen LogP contribution in [0.2, 0.25) is 0 Å². The summed E-state index contributed by atoms with van der Waals surface area (Å²) in [5.74, 6) is -0.688. The molecule has 7 nitrogen and oxygen atoms in total. The van der Waals surface area contributed by atoms with Crippen molar-refractivity contribution in [2.24, 2.45) is 0 Å². The first-order valence-electron chi connectivity index (χ1n) is 6.86. The number of pyridine rings is 1. The molecule has 0 bridgehead atoms. The molecule has 1 aliphatic heterocycles. The monoisotopic (exact) mass is 318 g/mol. The van der Waals surface area contributed by atoms with Crippen molar-refractivity contribution in [3.8, 4) is 0 Å². The molecule has 0 aliphatic carbocycles. The zero-order valence-corrected chi connectivity index (χ0v) is 12.4. The third-order valence-electron chi connectivity index (χ3n) is 3.53. The first kappa shape index (κ1) is 14.5. The van der Waals surface area contributed by atoms with Gasteiger partial charge in [-0.3, -0.25) is 14.4 Å². The Kier molecular flexibility index (Phi) is 4.01. The van der Waals surface area contributed by atoms with E-state index in [0.29, 0.717) is 18.1 Å². The highest BCUT2D eigenvalue weighted by molar-refractivity contribution is 7.13. The zero-order valence-electron chi connectivity index (χ0n) is 11.6. The molecule has 1 atom stereocenters. The molecule has 114 valence electrons. The number of anilines is 1. The van der Waals surface area contributed by atoms with Crippen LogP contribution in [0.5, 0.6) is 0 Å². The summed E-state index contributed by atoms with van der Waals surface area (Å²) >= 11 is 1.32. The summed E-state index contributed by atoms with van der Waals surface area (Å²) in [5, 5.41) is 4.97. The molecule has 3 heterocycles. The highest BCUT2D eigenvalue weighted by atomic mass is 32.1. The number of aromatic amines is 1. The molecule has 1 aliphatic rings. The lowest BCUT2D eigenvalue weighted by Crippen LogP contribution is -2.44. The van der Waals surface area contributed by atoms with Gasteiger partial charge >= 0.3 is 0 Å². The minimum atomic E-state index is -0.573. The van der Waals surface area contributed by atoms with Crippen LogP contribution in [-0.4, -0.2) is 39.3 Å². The van der Waals surface area contributed by atoms with E-state index in [0.717, 1.165) is 6.42 Å². The van der Waals surface area contributed by atoms with Crippen LogP contribution in [0.1, 0.15) is 23.2 Å². The lowest BCUT2D eigenvalue weighted by Gasteiger charge is -2.23. The predicted molar refractivity (Wildman–Crippen MR) is 81.9 cm³/mol. The maximum atomic E-state index is 12.5. The van der Waals surface area contributed by atoms with E-state index in [1.54, 1.807) is 17.6 Å². The third kappa shape index (κ3) is 2.77. The lowest BCUT2D eigenvalue weighted by molar-refractivity contribution is -0.119. The number of carbonyl (C=O) groups excluding carboxylic acids is 2. The van der Waals surface area contributed by atoms with Gasteiger partial charge in [0.05, 0.1) is 0 Å². The number of nitrogens with one attached hydrogen (secondary N) is 2. The van der Waals surface area contributed by atoms with Gasteiger partial charge in [-0.2, -0.15) is 0 Å². The lowest BCUT2D eigenvalue weighted by atomic mass is 10.2. The SMILES string of the molecule is O=C(Nc1nccs1)[C@@H]1CCCN1C(=O)c1ccc[nH]c1=O. The molecule has 0 radical (unpaired) electrons. The molecular weight excluding hydrogens is 304 g/mol. The number of H-pyrrole nitrogens is 1. The molecule has 3 rings (SSSR count). The topological polar surface area (TPSA) is 95.2 Å². The van der Waals surface area contributed by atoms with Gasteiger partial charge < -0.3 is 15.2 Å². The fraction of sp³-hybridized carbons (Fsp3) is 0.286. The summed E-state index contributed by atoms with van der Waals surface area (Å²) in [6, 6.07) is 2.49. The molecule has 0 unspecified atom stereocenters. The number of hydrogen-bond donors (Lipinski definition) is 2. The summed E-state index contributed by atoms with van der Waals surface area (Å²) in [7, 11) is 0. The van der Waals surface area contributed by atoms with Crippen molar-refractivity contribution in [2.45, 2.75) is 18.9 Å². The van der Waals surface area contributed by atoms with Crippen molar-refractivity contribution < 1.29 is 9.59 Å². The van der Waals surface area contributed by atoms with E-state index in [2.05, 4.69) is 15.3 Å². The van der Waals surface area contributed by atoms with E-state index in [-0.39, 0.29) is 11.5 Å². The zero-order chi connectivity index (χ0) is 15.5. The van der Waals surface area contributed by atoms with Crippen LogP contribution in [0.15, 0.2) is 34.7 Å². The van der Waals surface area contributed by atoms with Crippen molar-refractivity contribution in [2.75, 3.05) is 11.9 Å². The second-order valence-electron chi connectivity index (χ2n) is 4.90. The van der Waals surface area contributed by atoms with Crippen molar-refractivity contribution in [3.63, 3.8) is 0 Å². The molecule has 2 amide bonds. The number of rotatable bonds is 3. The normalized spacial score (nSPS) is 17.5. The van der Waals surface area contributed by atoms with Gasteiger partial charge in [-0.25, -0.2) is 4.98 Å². The van der Waals surface area contributed by atoms with Gasteiger partial charge in [0.15, 0.2) is 5.13 Å². The van der Waals surface area contributed by atoms with Crippen molar-refractivity contribution in [3.05, 3.63) is 45.8 Å². The fourth-order valence-electron chi connectivity index (χ4n) is 2.50. The Morgan fingerprint density at radius 2 is 2.32 bits per heavy atom. The second kappa shape index (κ2) is 6.10. The van der Waals surface area contributed by atoms with Crippen LogP contribution in [0.4, 0.5) is 5.13 Å². The van der Waals surface area contributed by atoms with Crippen molar-refractivity contribution >= 4 is 28.3 Å². The molecule has 0 aromatic carbocycles. The van der Waals surface area contributed by atoms with Gasteiger partial charge in [0, 0.05) is 24.3 Å². The smallest absolute Gasteiger partial charge is 0.260 e. The van der Waals surface area contributed by atoms with E-state index in [9.17, 15) is 14.4 Å². The molecule has 1 fully saturated rings. The standard InChI is InChI=1S/C14H14N4O3S/c19-11-9(3-1-5-15-11)13(21)18-7-2-4-10(18)12(20)17-14-16-6-8-22-14/h1,3,5-6,8,10H,2,4,7H2,(H,15,19)(H,16,17,20)/t10-/m0/s1. The Morgan fingerprint density at radius 1 is 1.45 bits per heavy atom. The van der Waals surface area contributed by atoms with Gasteiger partial charge in [0.1, 0.15) is 11.6 Å². The van der Waals surface area contributed by atoms with Crippen LogP contribution in [-0.2, 0) is 4.79 Å². The minimum Gasteiger partial charge on any atom is -0.328 e. The summed E-state index contributed by atoms with van der Waals surface area (Å²) < 4.78 is 0. The number of amides is 2. The molecule has 1 saturated heterocycles. The average molecular weight is 318 g/mol. The van der Waals surface area contributed by atoms with Crippen LogP contribution < -0.4 is 10.9 Å². The fourth-order valence-corrected chi connectivity index (χ4v) is 3.03. The van der Waals surface area contributed by atoms with E-state index >= 15 is 0 Å². The van der Waals surface area contributed by atoms with Crippen LogP contribution in [0.25, 0.3) is 0 Å². The van der Waals surface area contributed by atoms with Crippen LogP contribution >= 0.6 is 11.3 Å². The first-order chi connectivity index (χ1) is 10.7. The van der Waals surface area contributed by atoms with Gasteiger partial charge in [0.25, 0.3) is 11.5 Å². The third-order valence-corrected chi connectivity index (χ3v) is 4.22. The molecule has 22 heavy (non-hydrogen) atoms. The molecule has 8 heteroatoms. The first-order valence-corrected chi connectivity index (χ1v) is 7.74. The molecule has 2 aromatic rings. The maximum Gasteiger partial charge on any atom is 0.260 e. The molecule has 2 aromatic heterocycles. The van der Waals surface area contributed by atoms with Crippen molar-refractivity contribution in [1.82, 2.24) is 14.9 Å². The highest BCUT2D eigenvalue weighted by Crippen LogP contribution is 2.21. The average Bonchev–Trinajstić information content (AvgIpc) is 3.18. The summed E-state index contributed by atoms with van der Waals surface area (Å²) in [6.07, 6.45) is 4.37. The van der Waals surface area contributed by atoms with E-state index in [1.807, 2.05) is 0 Å². The number of thiazole rings is 1. The van der Waals surface area contributed by atoms with Gasteiger partial charge in [0.2, 0.25) is 5.91 Å². The molecule has 0 spiro atoms.